The summed E-state index contributed by atoms with van der Waals surface area (Å²) in [7, 11) is 0. The van der Waals surface area contributed by atoms with Gasteiger partial charge in [0.1, 0.15) is 17.5 Å². The number of nitrogens with zero attached hydrogens (tertiary/aromatic N) is 4. The van der Waals surface area contributed by atoms with E-state index >= 15 is 0 Å². The molecule has 0 amide bonds. The SMILES string of the molecule is C#CCOc1ccc2c(c1)c(-c1ccc(C(C)C)cc1)nc(=O)n2Cc1ccc(Cl)nc1.O=c1ncc2ccccc2[nH]1. The molecule has 0 aliphatic rings. The number of benzene rings is 3. The normalized spacial score (nSPS) is 10.8. The third-order valence-corrected chi connectivity index (χ3v) is 7.00. The Balaban J connectivity index is 0.000000279. The number of H-pyrrole nitrogens is 1. The molecule has 0 aliphatic heterocycles. The van der Waals surface area contributed by atoms with Gasteiger partial charge in [-0.25, -0.2) is 19.6 Å². The Morgan fingerprint density at radius 3 is 2.49 bits per heavy atom. The highest BCUT2D eigenvalue weighted by atomic mass is 35.5. The molecule has 0 bridgehead atoms. The number of fused-ring (bicyclic) bond motifs is 2. The zero-order valence-electron chi connectivity index (χ0n) is 23.6. The van der Waals surface area contributed by atoms with Crippen LogP contribution in [0.3, 0.4) is 0 Å². The second-order valence-electron chi connectivity index (χ2n) is 10.0. The topological polar surface area (TPSA) is 103 Å². The van der Waals surface area contributed by atoms with E-state index in [4.69, 9.17) is 22.8 Å². The molecular formula is C34H28ClN5O3. The fourth-order valence-corrected chi connectivity index (χ4v) is 4.67. The van der Waals surface area contributed by atoms with Crippen LogP contribution in [0.5, 0.6) is 5.75 Å². The maximum Gasteiger partial charge on any atom is 0.348 e. The van der Waals surface area contributed by atoms with Crippen LogP contribution in [-0.2, 0) is 6.54 Å². The van der Waals surface area contributed by atoms with Crippen molar-refractivity contribution in [3.63, 3.8) is 0 Å². The van der Waals surface area contributed by atoms with Gasteiger partial charge in [0.05, 0.1) is 23.3 Å². The van der Waals surface area contributed by atoms with Gasteiger partial charge in [0.2, 0.25) is 0 Å². The lowest BCUT2D eigenvalue weighted by Gasteiger charge is -2.15. The van der Waals surface area contributed by atoms with Crippen LogP contribution in [0.25, 0.3) is 33.1 Å². The molecule has 1 N–H and O–H groups in total. The van der Waals surface area contributed by atoms with Crippen LogP contribution in [-0.4, -0.2) is 31.1 Å². The lowest BCUT2D eigenvalue weighted by atomic mass is 9.99. The number of ether oxygens (including phenoxy) is 1. The van der Waals surface area contributed by atoms with Crippen molar-refractivity contribution in [2.75, 3.05) is 6.61 Å². The molecule has 0 spiro atoms. The monoisotopic (exact) mass is 589 g/mol. The Morgan fingerprint density at radius 2 is 1.77 bits per heavy atom. The number of terminal acetylenes is 1. The van der Waals surface area contributed by atoms with Gasteiger partial charge in [-0.15, -0.1) is 6.42 Å². The summed E-state index contributed by atoms with van der Waals surface area (Å²) in [5, 5.41) is 2.16. The van der Waals surface area contributed by atoms with Gasteiger partial charge in [-0.05, 0) is 47.4 Å². The summed E-state index contributed by atoms with van der Waals surface area (Å²) in [6.07, 6.45) is 8.56. The predicted octanol–water partition coefficient (Wildman–Crippen LogP) is 6.22. The fourth-order valence-electron chi connectivity index (χ4n) is 4.55. The summed E-state index contributed by atoms with van der Waals surface area (Å²) in [5.41, 5.74) is 4.48. The molecule has 3 heterocycles. The van der Waals surface area contributed by atoms with Crippen molar-refractivity contribution in [2.24, 2.45) is 0 Å². The first-order valence-corrected chi connectivity index (χ1v) is 14.0. The molecule has 0 radical (unpaired) electrons. The first kappa shape index (κ1) is 29.2. The smallest absolute Gasteiger partial charge is 0.348 e. The summed E-state index contributed by atoms with van der Waals surface area (Å²) in [6, 6.07) is 24.7. The van der Waals surface area contributed by atoms with Crippen LogP contribution in [0, 0.1) is 12.3 Å². The highest BCUT2D eigenvalue weighted by Crippen LogP contribution is 2.30. The number of aromatic amines is 1. The van der Waals surface area contributed by atoms with Gasteiger partial charge in [-0.2, -0.15) is 4.98 Å². The maximum atomic E-state index is 13.1. The van der Waals surface area contributed by atoms with Gasteiger partial charge < -0.3 is 9.72 Å². The van der Waals surface area contributed by atoms with Crippen molar-refractivity contribution in [1.82, 2.24) is 24.5 Å². The summed E-state index contributed by atoms with van der Waals surface area (Å²) in [4.78, 5) is 38.6. The molecule has 0 saturated heterocycles. The van der Waals surface area contributed by atoms with Crippen LogP contribution in [0.15, 0.2) is 101 Å². The number of hydrogen-bond donors (Lipinski definition) is 1. The first-order chi connectivity index (χ1) is 20.8. The standard InChI is InChI=1S/C26H22ClN3O2.C8H6N2O/c1-4-13-32-21-10-11-23-22(14-21)25(20-8-6-19(7-9-20)17(2)3)29-26(31)30(23)16-18-5-12-24(27)28-15-18;11-8-9-5-6-3-1-2-4-7(6)10-8/h1,5-12,14-15,17H,13,16H2,2-3H3;1-5H,(H,9,10,11). The van der Waals surface area contributed by atoms with Crippen LogP contribution in [0.2, 0.25) is 5.15 Å². The average molecular weight is 590 g/mol. The first-order valence-electron chi connectivity index (χ1n) is 13.6. The molecule has 3 aromatic carbocycles. The molecule has 214 valence electrons. The molecule has 3 aromatic heterocycles. The van der Waals surface area contributed by atoms with Gasteiger partial charge in [0.25, 0.3) is 0 Å². The van der Waals surface area contributed by atoms with E-state index in [0.717, 1.165) is 32.9 Å². The van der Waals surface area contributed by atoms with Gasteiger partial charge in [-0.3, -0.25) is 4.57 Å². The zero-order chi connectivity index (χ0) is 30.3. The van der Waals surface area contributed by atoms with Crippen molar-refractivity contribution < 1.29 is 4.74 Å². The van der Waals surface area contributed by atoms with Crippen molar-refractivity contribution in [1.29, 1.82) is 0 Å². The molecule has 0 saturated carbocycles. The molecule has 8 nitrogen and oxygen atoms in total. The number of hydrogen-bond acceptors (Lipinski definition) is 6. The van der Waals surface area contributed by atoms with Crippen molar-refractivity contribution in [2.45, 2.75) is 26.3 Å². The van der Waals surface area contributed by atoms with Crippen molar-refractivity contribution in [3.8, 4) is 29.4 Å². The number of rotatable bonds is 6. The van der Waals surface area contributed by atoms with E-state index in [1.165, 1.54) is 5.56 Å². The van der Waals surface area contributed by atoms with Gasteiger partial charge >= 0.3 is 11.4 Å². The Morgan fingerprint density at radius 1 is 0.977 bits per heavy atom. The van der Waals surface area contributed by atoms with Crippen LogP contribution in [0.4, 0.5) is 0 Å². The number of nitrogens with one attached hydrogen (secondary N) is 1. The molecule has 6 rings (SSSR count). The summed E-state index contributed by atoms with van der Waals surface area (Å²) in [5.74, 6) is 3.51. The fraction of sp³-hybridized carbons (Fsp3) is 0.147. The summed E-state index contributed by atoms with van der Waals surface area (Å²) in [6.45, 7) is 4.77. The van der Waals surface area contributed by atoms with E-state index in [9.17, 15) is 9.59 Å². The molecule has 43 heavy (non-hydrogen) atoms. The van der Waals surface area contributed by atoms with E-state index in [2.05, 4.69) is 51.8 Å². The van der Waals surface area contributed by atoms with E-state index < -0.39 is 0 Å². The van der Waals surface area contributed by atoms with E-state index in [0.29, 0.717) is 29.1 Å². The molecule has 0 aliphatic carbocycles. The minimum Gasteiger partial charge on any atom is -0.481 e. The molecule has 0 unspecified atom stereocenters. The van der Waals surface area contributed by atoms with Crippen LogP contribution in [0.1, 0.15) is 30.9 Å². The molecular weight excluding hydrogens is 562 g/mol. The second kappa shape index (κ2) is 13.1. The number of pyridine rings is 1. The van der Waals surface area contributed by atoms with Crippen LogP contribution >= 0.6 is 11.6 Å². The number of aromatic nitrogens is 5. The number of halogens is 1. The van der Waals surface area contributed by atoms with E-state index in [1.54, 1.807) is 29.1 Å². The average Bonchev–Trinajstić information content (AvgIpc) is 3.02. The third-order valence-electron chi connectivity index (χ3n) is 6.78. The largest absolute Gasteiger partial charge is 0.481 e. The van der Waals surface area contributed by atoms with Crippen molar-refractivity contribution >= 4 is 33.4 Å². The highest BCUT2D eigenvalue weighted by molar-refractivity contribution is 6.29. The lowest BCUT2D eigenvalue weighted by molar-refractivity contribution is 0.371. The van der Waals surface area contributed by atoms with Crippen molar-refractivity contribution in [3.05, 3.63) is 129 Å². The minimum atomic E-state index is -0.340. The summed E-state index contributed by atoms with van der Waals surface area (Å²) < 4.78 is 7.25. The quantitative estimate of drug-likeness (QED) is 0.183. The molecule has 0 atom stereocenters. The molecule has 6 aromatic rings. The predicted molar refractivity (Wildman–Crippen MR) is 171 cm³/mol. The second-order valence-corrected chi connectivity index (χ2v) is 10.4. The number of para-hydroxylation sites is 1. The van der Waals surface area contributed by atoms with Gasteiger partial charge in [-0.1, -0.05) is 79.9 Å². The third kappa shape index (κ3) is 6.97. The lowest BCUT2D eigenvalue weighted by Crippen LogP contribution is -2.24. The van der Waals surface area contributed by atoms with E-state index in [1.807, 2.05) is 54.6 Å². The van der Waals surface area contributed by atoms with Crippen LogP contribution < -0.4 is 16.1 Å². The zero-order valence-corrected chi connectivity index (χ0v) is 24.4. The minimum absolute atomic E-state index is 0.160. The Kier molecular flexibility index (Phi) is 8.94. The van der Waals surface area contributed by atoms with Gasteiger partial charge in [0, 0.05) is 28.7 Å². The highest BCUT2D eigenvalue weighted by Gasteiger charge is 2.14. The summed E-state index contributed by atoms with van der Waals surface area (Å²) >= 11 is 5.90. The maximum absolute atomic E-state index is 13.1. The van der Waals surface area contributed by atoms with E-state index in [-0.39, 0.29) is 18.0 Å². The Labute approximate surface area is 253 Å². The molecule has 9 heteroatoms. The Bertz CT molecular complexity index is 2040. The molecule has 0 fully saturated rings. The Hall–Kier alpha value is -5.26. The van der Waals surface area contributed by atoms with Gasteiger partial charge in [0.15, 0.2) is 0 Å².